The van der Waals surface area contributed by atoms with Crippen LogP contribution >= 0.6 is 0 Å². The number of aromatic hydroxyl groups is 1. The summed E-state index contributed by atoms with van der Waals surface area (Å²) in [4.78, 5) is 33.0. The fourth-order valence-corrected chi connectivity index (χ4v) is 1.76. The van der Waals surface area contributed by atoms with Gasteiger partial charge in [0, 0.05) is 12.8 Å². The predicted molar refractivity (Wildman–Crippen MR) is 72.9 cm³/mol. The standard InChI is InChI=1S/C14H17NO6/c16-11-4-2-1-3-9(11)5-7-12(17)15-10(14(20)21)6-8-13(18)19/h1-4,10,16H,5-8H2,(H,15,17)(H,18,19)(H,20,21). The number of nitrogens with one attached hydrogen (secondary N) is 1. The maximum absolute atomic E-state index is 11.7. The third-order valence-corrected chi connectivity index (χ3v) is 2.89. The minimum atomic E-state index is -1.27. The molecule has 1 rings (SSSR count). The van der Waals surface area contributed by atoms with Crippen molar-refractivity contribution in [1.82, 2.24) is 5.32 Å². The van der Waals surface area contributed by atoms with Gasteiger partial charge in [-0.1, -0.05) is 18.2 Å². The number of hydrogen-bond acceptors (Lipinski definition) is 4. The lowest BCUT2D eigenvalue weighted by atomic mass is 10.1. The van der Waals surface area contributed by atoms with Crippen molar-refractivity contribution >= 4 is 17.8 Å². The van der Waals surface area contributed by atoms with E-state index in [1.165, 1.54) is 6.07 Å². The van der Waals surface area contributed by atoms with E-state index in [9.17, 15) is 19.5 Å². The zero-order chi connectivity index (χ0) is 15.8. The highest BCUT2D eigenvalue weighted by Gasteiger charge is 2.20. The molecular formula is C14H17NO6. The summed E-state index contributed by atoms with van der Waals surface area (Å²) < 4.78 is 0. The predicted octanol–water partition coefficient (Wildman–Crippen LogP) is 0.759. The summed E-state index contributed by atoms with van der Waals surface area (Å²) >= 11 is 0. The summed E-state index contributed by atoms with van der Waals surface area (Å²) in [5.41, 5.74) is 0.588. The van der Waals surface area contributed by atoms with Crippen molar-refractivity contribution in [2.75, 3.05) is 0 Å². The number of carbonyl (C=O) groups excluding carboxylic acids is 1. The molecule has 0 aliphatic heterocycles. The molecule has 0 radical (unpaired) electrons. The first-order chi connectivity index (χ1) is 9.90. The Morgan fingerprint density at radius 2 is 1.76 bits per heavy atom. The van der Waals surface area contributed by atoms with Gasteiger partial charge in [-0.3, -0.25) is 9.59 Å². The number of phenolic OH excluding ortho intramolecular Hbond substituents is 1. The average Bonchev–Trinajstić information content (AvgIpc) is 2.42. The third kappa shape index (κ3) is 5.94. The van der Waals surface area contributed by atoms with Gasteiger partial charge >= 0.3 is 11.9 Å². The van der Waals surface area contributed by atoms with Crippen LogP contribution in [0.4, 0.5) is 0 Å². The normalized spacial score (nSPS) is 11.6. The van der Waals surface area contributed by atoms with Gasteiger partial charge in [-0.15, -0.1) is 0 Å². The molecule has 21 heavy (non-hydrogen) atoms. The molecule has 0 spiro atoms. The number of para-hydroxylation sites is 1. The largest absolute Gasteiger partial charge is 0.508 e. The highest BCUT2D eigenvalue weighted by Crippen LogP contribution is 2.17. The molecule has 1 aromatic rings. The highest BCUT2D eigenvalue weighted by atomic mass is 16.4. The van der Waals surface area contributed by atoms with Gasteiger partial charge in [0.15, 0.2) is 0 Å². The monoisotopic (exact) mass is 295 g/mol. The molecule has 0 aliphatic carbocycles. The zero-order valence-corrected chi connectivity index (χ0v) is 11.3. The first kappa shape index (κ1) is 16.5. The Hall–Kier alpha value is -2.57. The number of carbonyl (C=O) groups is 3. The van der Waals surface area contributed by atoms with Crippen LogP contribution in [0, 0.1) is 0 Å². The average molecular weight is 295 g/mol. The number of phenols is 1. The molecule has 7 nitrogen and oxygen atoms in total. The van der Waals surface area contributed by atoms with Gasteiger partial charge in [-0.05, 0) is 24.5 Å². The Kier molecular flexibility index (Phi) is 6.19. The number of aliphatic carboxylic acids is 2. The van der Waals surface area contributed by atoms with Crippen LogP contribution in [0.1, 0.15) is 24.8 Å². The van der Waals surface area contributed by atoms with E-state index in [2.05, 4.69) is 5.32 Å². The summed E-state index contributed by atoms with van der Waals surface area (Å²) in [5.74, 6) is -2.82. The zero-order valence-electron chi connectivity index (χ0n) is 11.3. The maximum Gasteiger partial charge on any atom is 0.326 e. The first-order valence-corrected chi connectivity index (χ1v) is 6.41. The molecule has 1 amide bonds. The van der Waals surface area contributed by atoms with Crippen LogP contribution in [0.15, 0.2) is 24.3 Å². The van der Waals surface area contributed by atoms with Crippen molar-refractivity contribution in [3.05, 3.63) is 29.8 Å². The maximum atomic E-state index is 11.7. The van der Waals surface area contributed by atoms with Gasteiger partial charge in [0.05, 0.1) is 0 Å². The molecule has 4 N–H and O–H groups in total. The summed E-state index contributed by atoms with van der Waals surface area (Å²) in [6.45, 7) is 0. The van der Waals surface area contributed by atoms with Crippen molar-refractivity contribution in [2.45, 2.75) is 31.7 Å². The quantitative estimate of drug-likeness (QED) is 0.561. The van der Waals surface area contributed by atoms with Crippen LogP contribution in [0.3, 0.4) is 0 Å². The summed E-state index contributed by atoms with van der Waals surface area (Å²) in [7, 11) is 0. The second-order valence-electron chi connectivity index (χ2n) is 4.52. The van der Waals surface area contributed by atoms with E-state index in [1.54, 1.807) is 18.2 Å². The van der Waals surface area contributed by atoms with E-state index in [4.69, 9.17) is 10.2 Å². The minimum absolute atomic E-state index is 0.00836. The molecule has 1 atom stereocenters. The van der Waals surface area contributed by atoms with Crippen LogP contribution in [-0.4, -0.2) is 39.2 Å². The first-order valence-electron chi connectivity index (χ1n) is 6.41. The van der Waals surface area contributed by atoms with Gasteiger partial charge in [-0.2, -0.15) is 0 Å². The molecule has 0 saturated carbocycles. The van der Waals surface area contributed by atoms with Crippen molar-refractivity contribution < 1.29 is 29.7 Å². The number of rotatable bonds is 8. The van der Waals surface area contributed by atoms with Crippen molar-refractivity contribution in [3.63, 3.8) is 0 Å². The van der Waals surface area contributed by atoms with E-state index < -0.39 is 23.9 Å². The number of carboxylic acid groups (broad SMARTS) is 2. The van der Waals surface area contributed by atoms with E-state index in [1.807, 2.05) is 0 Å². The Morgan fingerprint density at radius 1 is 1.10 bits per heavy atom. The van der Waals surface area contributed by atoms with Crippen LogP contribution in [0.2, 0.25) is 0 Å². The number of amides is 1. The molecule has 0 heterocycles. The lowest BCUT2D eigenvalue weighted by molar-refractivity contribution is -0.143. The van der Waals surface area contributed by atoms with Gasteiger partial charge in [0.25, 0.3) is 0 Å². The lowest BCUT2D eigenvalue weighted by Gasteiger charge is -2.13. The molecule has 1 aromatic carbocycles. The minimum Gasteiger partial charge on any atom is -0.508 e. The number of carboxylic acids is 2. The Morgan fingerprint density at radius 3 is 2.33 bits per heavy atom. The van der Waals surface area contributed by atoms with Gasteiger partial charge in [0.1, 0.15) is 11.8 Å². The van der Waals surface area contributed by atoms with E-state index >= 15 is 0 Å². The summed E-state index contributed by atoms with van der Waals surface area (Å²) in [5, 5.41) is 29.3. The summed E-state index contributed by atoms with van der Waals surface area (Å²) in [6.07, 6.45) is -0.234. The molecule has 0 bridgehead atoms. The van der Waals surface area contributed by atoms with Crippen molar-refractivity contribution in [1.29, 1.82) is 0 Å². The third-order valence-electron chi connectivity index (χ3n) is 2.89. The molecular weight excluding hydrogens is 278 g/mol. The molecule has 0 aliphatic rings. The fourth-order valence-electron chi connectivity index (χ4n) is 1.76. The van der Waals surface area contributed by atoms with E-state index in [-0.39, 0.29) is 31.4 Å². The number of hydrogen-bond donors (Lipinski definition) is 4. The summed E-state index contributed by atoms with van der Waals surface area (Å²) in [6, 6.07) is 5.32. The van der Waals surface area contributed by atoms with E-state index in [0.29, 0.717) is 5.56 Å². The van der Waals surface area contributed by atoms with Crippen molar-refractivity contribution in [2.24, 2.45) is 0 Å². The SMILES string of the molecule is O=C(O)CCC(NC(=O)CCc1ccccc1O)C(=O)O. The smallest absolute Gasteiger partial charge is 0.326 e. The Balaban J connectivity index is 2.49. The van der Waals surface area contributed by atoms with Gasteiger partial charge in [0.2, 0.25) is 5.91 Å². The van der Waals surface area contributed by atoms with Crippen molar-refractivity contribution in [3.8, 4) is 5.75 Å². The van der Waals surface area contributed by atoms with Crippen LogP contribution in [-0.2, 0) is 20.8 Å². The Bertz CT molecular complexity index is 528. The number of benzene rings is 1. The molecule has 1 unspecified atom stereocenters. The second kappa shape index (κ2) is 7.88. The van der Waals surface area contributed by atoms with Crippen LogP contribution in [0.25, 0.3) is 0 Å². The van der Waals surface area contributed by atoms with Gasteiger partial charge < -0.3 is 20.6 Å². The highest BCUT2D eigenvalue weighted by molar-refractivity contribution is 5.84. The second-order valence-corrected chi connectivity index (χ2v) is 4.52. The Labute approximate surface area is 121 Å². The topological polar surface area (TPSA) is 124 Å². The molecule has 7 heteroatoms. The molecule has 0 aromatic heterocycles. The van der Waals surface area contributed by atoms with E-state index in [0.717, 1.165) is 0 Å². The fraction of sp³-hybridized carbons (Fsp3) is 0.357. The molecule has 114 valence electrons. The molecule has 0 fully saturated rings. The molecule has 0 saturated heterocycles. The number of aryl methyl sites for hydroxylation is 1. The van der Waals surface area contributed by atoms with Crippen LogP contribution < -0.4 is 5.32 Å². The van der Waals surface area contributed by atoms with Crippen LogP contribution in [0.5, 0.6) is 5.75 Å². The lowest BCUT2D eigenvalue weighted by Crippen LogP contribution is -2.41. The van der Waals surface area contributed by atoms with Gasteiger partial charge in [-0.25, -0.2) is 4.79 Å².